The highest BCUT2D eigenvalue weighted by atomic mass is 35.5. The van der Waals surface area contributed by atoms with E-state index in [1.165, 1.54) is 0 Å². The fraction of sp³-hybridized carbons (Fsp3) is 0.231. The van der Waals surface area contributed by atoms with Crippen molar-refractivity contribution in [2.45, 2.75) is 19.5 Å². The third-order valence-corrected chi connectivity index (χ3v) is 3.01. The number of amides is 1. The molecule has 2 aromatic rings. The van der Waals surface area contributed by atoms with Gasteiger partial charge >= 0.3 is 0 Å². The number of nitrogens with one attached hydrogen (secondary N) is 1. The fourth-order valence-electron chi connectivity index (χ4n) is 1.83. The topological polar surface area (TPSA) is 72.9 Å². The van der Waals surface area contributed by atoms with E-state index in [-0.39, 0.29) is 11.9 Å². The van der Waals surface area contributed by atoms with Crippen LogP contribution in [0.4, 0.5) is 5.69 Å². The van der Waals surface area contributed by atoms with Crippen molar-refractivity contribution in [3.63, 3.8) is 0 Å². The summed E-state index contributed by atoms with van der Waals surface area (Å²) in [6, 6.07) is 4.95. The van der Waals surface area contributed by atoms with Crippen LogP contribution in [0.3, 0.4) is 0 Å². The number of nitrogens with two attached hydrogens (primary N) is 1. The average molecular weight is 279 g/mol. The van der Waals surface area contributed by atoms with Crippen LogP contribution in [-0.4, -0.2) is 21.5 Å². The highest BCUT2D eigenvalue weighted by Gasteiger charge is 2.16. The van der Waals surface area contributed by atoms with Crippen LogP contribution in [0, 0.1) is 0 Å². The maximum absolute atomic E-state index is 12.1. The van der Waals surface area contributed by atoms with Crippen molar-refractivity contribution >= 4 is 23.2 Å². The number of nitrogens with zero attached hydrogens (tertiary/aromatic N) is 2. The molecule has 0 saturated carbocycles. The number of imidazole rings is 1. The molecule has 100 valence electrons. The molecule has 1 unspecified atom stereocenters. The lowest BCUT2D eigenvalue weighted by Crippen LogP contribution is -2.36. The number of anilines is 1. The average Bonchev–Trinajstić information content (AvgIpc) is 2.81. The van der Waals surface area contributed by atoms with Crippen LogP contribution in [0.2, 0.25) is 5.02 Å². The first-order chi connectivity index (χ1) is 9.08. The van der Waals surface area contributed by atoms with Gasteiger partial charge in [0.15, 0.2) is 0 Å². The van der Waals surface area contributed by atoms with Gasteiger partial charge in [0.2, 0.25) is 0 Å². The highest BCUT2D eigenvalue weighted by Crippen LogP contribution is 2.21. The van der Waals surface area contributed by atoms with Gasteiger partial charge in [-0.1, -0.05) is 17.7 Å². The molecule has 0 fully saturated rings. The van der Waals surface area contributed by atoms with Crippen molar-refractivity contribution < 1.29 is 4.79 Å². The van der Waals surface area contributed by atoms with Crippen molar-refractivity contribution in [1.82, 2.24) is 14.9 Å². The third kappa shape index (κ3) is 3.26. The van der Waals surface area contributed by atoms with Crippen LogP contribution in [0.5, 0.6) is 0 Å². The lowest BCUT2D eigenvalue weighted by atomic mass is 10.1. The molecule has 1 atom stereocenters. The minimum absolute atomic E-state index is 0.0580. The Morgan fingerprint density at radius 3 is 3.00 bits per heavy atom. The lowest BCUT2D eigenvalue weighted by Gasteiger charge is -2.15. The molecule has 5 nitrogen and oxygen atoms in total. The number of benzene rings is 1. The normalized spacial score (nSPS) is 12.1. The maximum atomic E-state index is 12.1. The first-order valence-electron chi connectivity index (χ1n) is 5.88. The van der Waals surface area contributed by atoms with Gasteiger partial charge < -0.3 is 15.6 Å². The van der Waals surface area contributed by atoms with Crippen LogP contribution in [0.15, 0.2) is 36.9 Å². The summed E-state index contributed by atoms with van der Waals surface area (Å²) in [5.41, 5.74) is 6.47. The number of aromatic nitrogens is 2. The Hall–Kier alpha value is -2.01. The number of hydrogen-bond acceptors (Lipinski definition) is 3. The van der Waals surface area contributed by atoms with Crippen LogP contribution < -0.4 is 11.1 Å². The van der Waals surface area contributed by atoms with Gasteiger partial charge in [-0.05, 0) is 19.1 Å². The summed E-state index contributed by atoms with van der Waals surface area (Å²) in [5, 5.41) is 3.22. The molecule has 0 bridgehead atoms. The van der Waals surface area contributed by atoms with E-state index >= 15 is 0 Å². The molecule has 0 aliphatic heterocycles. The fourth-order valence-corrected chi connectivity index (χ4v) is 2.10. The van der Waals surface area contributed by atoms with Gasteiger partial charge in [0.1, 0.15) is 0 Å². The molecule has 2 rings (SSSR count). The van der Waals surface area contributed by atoms with Gasteiger partial charge in [0.25, 0.3) is 5.91 Å². The summed E-state index contributed by atoms with van der Waals surface area (Å²) in [5.74, 6) is -0.268. The van der Waals surface area contributed by atoms with Crippen LogP contribution >= 0.6 is 11.6 Å². The minimum atomic E-state index is -0.268. The molecule has 0 radical (unpaired) electrons. The van der Waals surface area contributed by atoms with E-state index in [0.717, 1.165) is 0 Å². The van der Waals surface area contributed by atoms with E-state index in [1.807, 2.05) is 17.7 Å². The number of carbonyl (C=O) groups excluding carboxylic acids is 1. The van der Waals surface area contributed by atoms with Gasteiger partial charge in [-0.15, -0.1) is 0 Å². The van der Waals surface area contributed by atoms with E-state index in [2.05, 4.69) is 10.3 Å². The Morgan fingerprint density at radius 2 is 2.37 bits per heavy atom. The Balaban J connectivity index is 2.04. The molecule has 0 aliphatic carbocycles. The quantitative estimate of drug-likeness (QED) is 0.840. The largest absolute Gasteiger partial charge is 0.398 e. The second-order valence-corrected chi connectivity index (χ2v) is 4.75. The molecule has 0 saturated heterocycles. The van der Waals surface area contributed by atoms with Gasteiger partial charge in [-0.3, -0.25) is 4.79 Å². The number of halogens is 1. The zero-order valence-corrected chi connectivity index (χ0v) is 11.3. The van der Waals surface area contributed by atoms with E-state index < -0.39 is 0 Å². The SMILES string of the molecule is CC(Cn1ccnc1)NC(=O)c1c(N)cccc1Cl. The zero-order valence-electron chi connectivity index (χ0n) is 10.5. The molecule has 0 aliphatic rings. The number of hydrogen-bond donors (Lipinski definition) is 2. The summed E-state index contributed by atoms with van der Waals surface area (Å²) < 4.78 is 1.89. The molecule has 3 N–H and O–H groups in total. The standard InChI is InChI=1S/C13H15ClN4O/c1-9(7-18-6-5-16-8-18)17-13(19)12-10(14)3-2-4-11(12)15/h2-6,8-9H,7,15H2,1H3,(H,17,19). The molecule has 1 aromatic heterocycles. The second kappa shape index (κ2) is 5.75. The predicted molar refractivity (Wildman–Crippen MR) is 75.0 cm³/mol. The molecule has 1 amide bonds. The highest BCUT2D eigenvalue weighted by molar-refractivity contribution is 6.34. The van der Waals surface area contributed by atoms with E-state index in [1.54, 1.807) is 30.7 Å². The second-order valence-electron chi connectivity index (χ2n) is 4.34. The van der Waals surface area contributed by atoms with Gasteiger partial charge in [-0.25, -0.2) is 4.98 Å². The number of carbonyl (C=O) groups is 1. The van der Waals surface area contributed by atoms with E-state index in [0.29, 0.717) is 22.8 Å². The Labute approximate surface area is 116 Å². The van der Waals surface area contributed by atoms with Crippen LogP contribution in [0.25, 0.3) is 0 Å². The van der Waals surface area contributed by atoms with Gasteiger partial charge in [0.05, 0.1) is 16.9 Å². The maximum Gasteiger partial charge on any atom is 0.255 e. The third-order valence-electron chi connectivity index (χ3n) is 2.69. The van der Waals surface area contributed by atoms with E-state index in [4.69, 9.17) is 17.3 Å². The first kappa shape index (κ1) is 13.4. The zero-order chi connectivity index (χ0) is 13.8. The minimum Gasteiger partial charge on any atom is -0.398 e. The van der Waals surface area contributed by atoms with Crippen LogP contribution in [-0.2, 0) is 6.54 Å². The lowest BCUT2D eigenvalue weighted by molar-refractivity contribution is 0.0938. The summed E-state index contributed by atoms with van der Waals surface area (Å²) in [4.78, 5) is 16.1. The summed E-state index contributed by atoms with van der Waals surface area (Å²) >= 11 is 5.99. The Bertz CT molecular complexity index is 548. The number of rotatable bonds is 4. The monoisotopic (exact) mass is 278 g/mol. The van der Waals surface area contributed by atoms with Gasteiger partial charge in [0, 0.05) is 30.7 Å². The van der Waals surface area contributed by atoms with Crippen molar-refractivity contribution in [1.29, 1.82) is 0 Å². The summed E-state index contributed by atoms with van der Waals surface area (Å²) in [6.45, 7) is 2.54. The molecule has 1 heterocycles. The molecule has 6 heteroatoms. The van der Waals surface area contributed by atoms with Crippen molar-refractivity contribution in [2.75, 3.05) is 5.73 Å². The van der Waals surface area contributed by atoms with Crippen molar-refractivity contribution in [3.8, 4) is 0 Å². The van der Waals surface area contributed by atoms with E-state index in [9.17, 15) is 4.79 Å². The predicted octanol–water partition coefficient (Wildman–Crippen LogP) is 1.94. The van der Waals surface area contributed by atoms with Crippen molar-refractivity contribution in [3.05, 3.63) is 47.5 Å². The molecule has 1 aromatic carbocycles. The van der Waals surface area contributed by atoms with Crippen molar-refractivity contribution in [2.24, 2.45) is 0 Å². The summed E-state index contributed by atoms with van der Waals surface area (Å²) in [6.07, 6.45) is 5.24. The van der Waals surface area contributed by atoms with Gasteiger partial charge in [-0.2, -0.15) is 0 Å². The Kier molecular flexibility index (Phi) is 4.06. The number of nitrogen functional groups attached to an aromatic ring is 1. The molecular weight excluding hydrogens is 264 g/mol. The first-order valence-corrected chi connectivity index (χ1v) is 6.26. The molecular formula is C13H15ClN4O. The Morgan fingerprint density at radius 1 is 1.58 bits per heavy atom. The smallest absolute Gasteiger partial charge is 0.255 e. The summed E-state index contributed by atoms with van der Waals surface area (Å²) in [7, 11) is 0. The van der Waals surface area contributed by atoms with Crippen LogP contribution in [0.1, 0.15) is 17.3 Å². The molecule has 19 heavy (non-hydrogen) atoms. The molecule has 0 spiro atoms.